The van der Waals surface area contributed by atoms with Crippen molar-refractivity contribution in [3.8, 4) is 0 Å². The molecular weight excluding hydrogens is 270 g/mol. The molecule has 0 fully saturated rings. The number of hydrogen-bond donors (Lipinski definition) is 0. The maximum absolute atomic E-state index is 12.5. The molecule has 2 nitrogen and oxygen atoms in total. The fourth-order valence-corrected chi connectivity index (χ4v) is 3.10. The second kappa shape index (κ2) is 5.96. The normalized spacial score (nSPS) is 16.5. The van der Waals surface area contributed by atoms with Gasteiger partial charge >= 0.3 is 0 Å². The Morgan fingerprint density at radius 2 is 1.73 bits per heavy atom. The fourth-order valence-electron chi connectivity index (χ4n) is 3.10. The number of anilines is 1. The van der Waals surface area contributed by atoms with Crippen LogP contribution in [0.1, 0.15) is 54.6 Å². The summed E-state index contributed by atoms with van der Waals surface area (Å²) in [5.41, 5.74) is 4.28. The minimum absolute atomic E-state index is 0.110. The summed E-state index contributed by atoms with van der Waals surface area (Å²) < 4.78 is 0. The monoisotopic (exact) mass is 293 g/mol. The lowest BCUT2D eigenvalue weighted by molar-refractivity contribution is 0.0996. The highest BCUT2D eigenvalue weighted by atomic mass is 16.2. The van der Waals surface area contributed by atoms with E-state index in [0.717, 1.165) is 16.8 Å². The zero-order chi connectivity index (χ0) is 15.7. The van der Waals surface area contributed by atoms with Crippen molar-refractivity contribution < 1.29 is 4.79 Å². The van der Waals surface area contributed by atoms with E-state index in [4.69, 9.17) is 0 Å². The number of amides is 1. The van der Waals surface area contributed by atoms with Gasteiger partial charge in [-0.3, -0.25) is 4.79 Å². The van der Waals surface area contributed by atoms with Gasteiger partial charge in [-0.25, -0.2) is 0 Å². The molecule has 2 atom stereocenters. The van der Waals surface area contributed by atoms with Gasteiger partial charge in [-0.15, -0.1) is 0 Å². The molecule has 114 valence electrons. The topological polar surface area (TPSA) is 20.3 Å². The average Bonchev–Trinajstić information content (AvgIpc) is 2.91. The SMILES string of the molecule is CCC(C)C(C)c1ccc(N2Cc3ccccc3C2=O)cc1. The summed E-state index contributed by atoms with van der Waals surface area (Å²) >= 11 is 0. The first-order valence-electron chi connectivity index (χ1n) is 8.11. The van der Waals surface area contributed by atoms with Gasteiger partial charge < -0.3 is 4.90 Å². The van der Waals surface area contributed by atoms with Crippen molar-refractivity contribution in [1.82, 2.24) is 0 Å². The molecule has 0 saturated heterocycles. The molecule has 22 heavy (non-hydrogen) atoms. The van der Waals surface area contributed by atoms with Crippen LogP contribution < -0.4 is 4.90 Å². The van der Waals surface area contributed by atoms with Crippen LogP contribution in [0.3, 0.4) is 0 Å². The third kappa shape index (κ3) is 2.54. The summed E-state index contributed by atoms with van der Waals surface area (Å²) in [7, 11) is 0. The van der Waals surface area contributed by atoms with E-state index < -0.39 is 0 Å². The Morgan fingerprint density at radius 1 is 1.05 bits per heavy atom. The van der Waals surface area contributed by atoms with Crippen molar-refractivity contribution >= 4 is 11.6 Å². The van der Waals surface area contributed by atoms with Crippen molar-refractivity contribution in [2.24, 2.45) is 5.92 Å². The third-order valence-corrected chi connectivity index (χ3v) is 5.05. The van der Waals surface area contributed by atoms with Gasteiger partial charge in [0, 0.05) is 11.3 Å². The van der Waals surface area contributed by atoms with Crippen molar-refractivity contribution in [2.45, 2.75) is 39.7 Å². The Morgan fingerprint density at radius 3 is 2.36 bits per heavy atom. The largest absolute Gasteiger partial charge is 0.304 e. The molecule has 1 aliphatic heterocycles. The number of hydrogen-bond acceptors (Lipinski definition) is 1. The quantitative estimate of drug-likeness (QED) is 0.777. The molecule has 0 saturated carbocycles. The molecule has 0 bridgehead atoms. The smallest absolute Gasteiger partial charge is 0.258 e. The van der Waals surface area contributed by atoms with Gasteiger partial charge in [0.2, 0.25) is 0 Å². The molecule has 0 spiro atoms. The molecule has 0 aliphatic carbocycles. The molecule has 1 aliphatic rings. The highest BCUT2D eigenvalue weighted by Gasteiger charge is 2.27. The van der Waals surface area contributed by atoms with Crippen LogP contribution in [0.25, 0.3) is 0 Å². The van der Waals surface area contributed by atoms with Crippen molar-refractivity contribution in [3.05, 3.63) is 65.2 Å². The van der Waals surface area contributed by atoms with Crippen LogP contribution >= 0.6 is 0 Å². The minimum Gasteiger partial charge on any atom is -0.304 e. The van der Waals surface area contributed by atoms with Crippen molar-refractivity contribution in [2.75, 3.05) is 4.90 Å². The Bertz CT molecular complexity index is 674. The van der Waals surface area contributed by atoms with Gasteiger partial charge in [-0.1, -0.05) is 57.5 Å². The van der Waals surface area contributed by atoms with Crippen LogP contribution in [-0.4, -0.2) is 5.91 Å². The predicted molar refractivity (Wildman–Crippen MR) is 91.3 cm³/mol. The van der Waals surface area contributed by atoms with Gasteiger partial charge in [-0.2, -0.15) is 0 Å². The van der Waals surface area contributed by atoms with Crippen LogP contribution in [0.4, 0.5) is 5.69 Å². The lowest BCUT2D eigenvalue weighted by Crippen LogP contribution is -2.22. The van der Waals surface area contributed by atoms with Gasteiger partial charge in [0.1, 0.15) is 0 Å². The molecule has 2 unspecified atom stereocenters. The molecule has 0 N–H and O–H groups in total. The zero-order valence-corrected chi connectivity index (χ0v) is 13.5. The number of benzene rings is 2. The molecule has 1 amide bonds. The standard InChI is InChI=1S/C20H23NO/c1-4-14(2)15(3)16-9-11-18(12-10-16)21-13-17-7-5-6-8-19(17)20(21)22/h5-12,14-15H,4,13H2,1-3H3. The first-order chi connectivity index (χ1) is 10.6. The summed E-state index contributed by atoms with van der Waals surface area (Å²) in [5, 5.41) is 0. The summed E-state index contributed by atoms with van der Waals surface area (Å²) in [6.45, 7) is 7.48. The Balaban J connectivity index is 1.82. The summed E-state index contributed by atoms with van der Waals surface area (Å²) in [4.78, 5) is 14.4. The van der Waals surface area contributed by atoms with Gasteiger partial charge in [-0.05, 0) is 41.2 Å². The van der Waals surface area contributed by atoms with Crippen molar-refractivity contribution in [1.29, 1.82) is 0 Å². The first-order valence-corrected chi connectivity index (χ1v) is 8.11. The molecule has 2 aromatic carbocycles. The lowest BCUT2D eigenvalue weighted by Gasteiger charge is -2.21. The van der Waals surface area contributed by atoms with E-state index >= 15 is 0 Å². The maximum Gasteiger partial charge on any atom is 0.258 e. The zero-order valence-electron chi connectivity index (χ0n) is 13.5. The molecule has 1 heterocycles. The van der Waals surface area contributed by atoms with E-state index in [1.54, 1.807) is 0 Å². The molecule has 0 radical (unpaired) electrons. The van der Waals surface area contributed by atoms with E-state index in [1.807, 2.05) is 29.2 Å². The average molecular weight is 293 g/mol. The second-order valence-corrected chi connectivity index (χ2v) is 6.31. The molecule has 2 aromatic rings. The Hall–Kier alpha value is -2.09. The van der Waals surface area contributed by atoms with E-state index in [9.17, 15) is 4.79 Å². The second-order valence-electron chi connectivity index (χ2n) is 6.31. The Kier molecular flexibility index (Phi) is 4.02. The number of rotatable bonds is 4. The predicted octanol–water partition coefficient (Wildman–Crippen LogP) is 5.00. The molecule has 2 heteroatoms. The number of fused-ring (bicyclic) bond motifs is 1. The van der Waals surface area contributed by atoms with E-state index in [2.05, 4.69) is 45.0 Å². The third-order valence-electron chi connectivity index (χ3n) is 5.05. The van der Waals surface area contributed by atoms with Crippen LogP contribution in [0, 0.1) is 5.92 Å². The van der Waals surface area contributed by atoms with E-state index in [1.165, 1.54) is 12.0 Å². The fraction of sp³-hybridized carbons (Fsp3) is 0.350. The highest BCUT2D eigenvalue weighted by Crippen LogP contribution is 2.31. The van der Waals surface area contributed by atoms with Crippen LogP contribution in [0.2, 0.25) is 0 Å². The summed E-state index contributed by atoms with van der Waals surface area (Å²) in [5.74, 6) is 1.33. The van der Waals surface area contributed by atoms with Gasteiger partial charge in [0.15, 0.2) is 0 Å². The molecule has 0 aromatic heterocycles. The van der Waals surface area contributed by atoms with Gasteiger partial charge in [0.25, 0.3) is 5.91 Å². The number of carbonyl (C=O) groups is 1. The van der Waals surface area contributed by atoms with Crippen LogP contribution in [0.15, 0.2) is 48.5 Å². The van der Waals surface area contributed by atoms with E-state index in [0.29, 0.717) is 18.4 Å². The van der Waals surface area contributed by atoms with Crippen LogP contribution in [-0.2, 0) is 6.54 Å². The first kappa shape index (κ1) is 14.8. The molecular formula is C20H23NO. The maximum atomic E-state index is 12.5. The minimum atomic E-state index is 0.110. The lowest BCUT2D eigenvalue weighted by atomic mass is 9.87. The molecule has 3 rings (SSSR count). The number of carbonyl (C=O) groups excluding carboxylic acids is 1. The van der Waals surface area contributed by atoms with Gasteiger partial charge in [0.05, 0.1) is 6.54 Å². The summed E-state index contributed by atoms with van der Waals surface area (Å²) in [6, 6.07) is 16.4. The Labute approximate surface area is 132 Å². The number of nitrogens with zero attached hydrogens (tertiary/aromatic N) is 1. The van der Waals surface area contributed by atoms with E-state index in [-0.39, 0.29) is 5.91 Å². The van der Waals surface area contributed by atoms with Crippen LogP contribution in [0.5, 0.6) is 0 Å². The highest BCUT2D eigenvalue weighted by molar-refractivity contribution is 6.09. The van der Waals surface area contributed by atoms with Crippen molar-refractivity contribution in [3.63, 3.8) is 0 Å². The summed E-state index contributed by atoms with van der Waals surface area (Å²) in [6.07, 6.45) is 1.18.